The zero-order valence-corrected chi connectivity index (χ0v) is 34.4. The molecule has 3 N–H and O–H groups in total. The molecule has 0 spiro atoms. The average Bonchev–Trinajstić information content (AvgIpc) is 3.97. The van der Waals surface area contributed by atoms with Crippen LogP contribution in [0.15, 0.2) is 212 Å². The largest absolute Gasteiger partial charge is 0.398 e. The van der Waals surface area contributed by atoms with E-state index in [4.69, 9.17) is 21.1 Å². The van der Waals surface area contributed by atoms with Crippen LogP contribution in [0.4, 0.5) is 0 Å². The molecule has 4 aromatic heterocycles. The molecule has 0 amide bonds. The predicted molar refractivity (Wildman–Crippen MR) is 265 cm³/mol. The van der Waals surface area contributed by atoms with E-state index in [-0.39, 0.29) is 0 Å². The standard InChI is InChI=1S/C56H41N7/c1-37(31-42(35-57)63-53-24-13-10-21-45(53)56-55(63)25-14-30-59-56)62-52-23-12-9-20-44(52)47-33-41(27-29-54(47)62)40-26-28-51-46(32-40)43-19-8-11-22-50(43)61(51)36-60-49(39-17-6-3-7-18-39)34-48(58)38-15-4-2-5-16-38/h2-35,57H,1,36,58H2/b42-31+,48-34-,57-35?,60-49+. The van der Waals surface area contributed by atoms with E-state index in [1.54, 1.807) is 0 Å². The van der Waals surface area contributed by atoms with Crippen molar-refractivity contribution in [1.82, 2.24) is 18.7 Å². The van der Waals surface area contributed by atoms with Crippen LogP contribution in [0.5, 0.6) is 0 Å². The van der Waals surface area contributed by atoms with Gasteiger partial charge in [-0.3, -0.25) is 9.98 Å². The van der Waals surface area contributed by atoms with E-state index >= 15 is 0 Å². The van der Waals surface area contributed by atoms with Crippen molar-refractivity contribution >= 4 is 94.6 Å². The van der Waals surface area contributed by atoms with Crippen molar-refractivity contribution in [3.63, 3.8) is 0 Å². The Labute approximate surface area is 363 Å². The number of nitrogens with zero attached hydrogens (tertiary/aromatic N) is 5. The number of nitrogens with two attached hydrogens (primary N) is 1. The molecule has 11 aromatic rings. The van der Waals surface area contributed by atoms with E-state index < -0.39 is 0 Å². The van der Waals surface area contributed by atoms with Gasteiger partial charge in [0.05, 0.1) is 50.0 Å². The zero-order valence-electron chi connectivity index (χ0n) is 34.4. The minimum Gasteiger partial charge on any atom is -0.398 e. The quantitative estimate of drug-likeness (QED) is 0.106. The Morgan fingerprint density at radius 1 is 0.540 bits per heavy atom. The number of allylic oxidation sites excluding steroid dienone is 4. The molecular weight excluding hydrogens is 771 g/mol. The molecule has 4 heterocycles. The second-order valence-corrected chi connectivity index (χ2v) is 15.7. The molecule has 0 radical (unpaired) electrons. The molecule has 0 saturated heterocycles. The first-order chi connectivity index (χ1) is 31.1. The van der Waals surface area contributed by atoms with Gasteiger partial charge < -0.3 is 24.8 Å². The van der Waals surface area contributed by atoms with Gasteiger partial charge in [0, 0.05) is 50.7 Å². The maximum Gasteiger partial charge on any atom is 0.115 e. The smallest absolute Gasteiger partial charge is 0.115 e. The highest BCUT2D eigenvalue weighted by atomic mass is 15.1. The van der Waals surface area contributed by atoms with E-state index in [2.05, 4.69) is 136 Å². The summed E-state index contributed by atoms with van der Waals surface area (Å²) in [6, 6.07) is 62.9. The molecule has 300 valence electrons. The summed E-state index contributed by atoms with van der Waals surface area (Å²) in [7, 11) is 0. The fourth-order valence-corrected chi connectivity index (χ4v) is 9.15. The molecule has 0 bridgehead atoms. The minimum atomic E-state index is 0.420. The van der Waals surface area contributed by atoms with Gasteiger partial charge >= 0.3 is 0 Å². The maximum atomic E-state index is 8.60. The van der Waals surface area contributed by atoms with E-state index in [0.29, 0.717) is 18.1 Å². The fourth-order valence-electron chi connectivity index (χ4n) is 9.15. The predicted octanol–water partition coefficient (Wildman–Crippen LogP) is 13.2. The normalized spacial score (nSPS) is 12.7. The first-order valence-electron chi connectivity index (χ1n) is 21.0. The van der Waals surface area contributed by atoms with Crippen LogP contribution in [0.25, 0.3) is 93.8 Å². The summed E-state index contributed by atoms with van der Waals surface area (Å²) >= 11 is 0. The van der Waals surface area contributed by atoms with Gasteiger partial charge in [-0.1, -0.05) is 134 Å². The number of fused-ring (bicyclic) bond motifs is 9. The van der Waals surface area contributed by atoms with E-state index in [9.17, 15) is 0 Å². The minimum absolute atomic E-state index is 0.420. The topological polar surface area (TPSA) is 89.9 Å². The number of pyridine rings is 1. The summed E-state index contributed by atoms with van der Waals surface area (Å²) < 4.78 is 6.59. The summed E-state index contributed by atoms with van der Waals surface area (Å²) in [5.74, 6) is 0. The number of aromatic nitrogens is 4. The Hall–Kier alpha value is -8.55. The monoisotopic (exact) mass is 811 g/mol. The second kappa shape index (κ2) is 15.5. The molecule has 63 heavy (non-hydrogen) atoms. The van der Waals surface area contributed by atoms with Crippen molar-refractivity contribution in [3.8, 4) is 11.1 Å². The number of rotatable bonds is 10. The van der Waals surface area contributed by atoms with Crippen LogP contribution in [0.1, 0.15) is 11.1 Å². The molecule has 0 aliphatic heterocycles. The van der Waals surface area contributed by atoms with Gasteiger partial charge in [0.1, 0.15) is 6.67 Å². The van der Waals surface area contributed by atoms with Crippen molar-refractivity contribution in [3.05, 3.63) is 218 Å². The molecule has 7 heteroatoms. The number of hydrogen-bond donors (Lipinski definition) is 2. The van der Waals surface area contributed by atoms with Crippen molar-refractivity contribution in [2.45, 2.75) is 6.67 Å². The molecule has 0 saturated carbocycles. The van der Waals surface area contributed by atoms with Gasteiger partial charge in [-0.2, -0.15) is 0 Å². The highest BCUT2D eigenvalue weighted by molar-refractivity contribution is 6.17. The van der Waals surface area contributed by atoms with Crippen LogP contribution in [0.2, 0.25) is 0 Å². The van der Waals surface area contributed by atoms with Crippen LogP contribution >= 0.6 is 0 Å². The van der Waals surface area contributed by atoms with Crippen molar-refractivity contribution in [1.29, 1.82) is 5.41 Å². The number of benzene rings is 7. The highest BCUT2D eigenvalue weighted by Crippen LogP contribution is 2.38. The lowest BCUT2D eigenvalue weighted by Crippen LogP contribution is -2.06. The molecular formula is C56H41N7. The number of aliphatic imine (C=N–C) groups is 1. The second-order valence-electron chi connectivity index (χ2n) is 15.7. The van der Waals surface area contributed by atoms with Gasteiger partial charge in [-0.05, 0) is 89.0 Å². The molecule has 7 nitrogen and oxygen atoms in total. The molecule has 0 unspecified atom stereocenters. The van der Waals surface area contributed by atoms with Gasteiger partial charge in [-0.25, -0.2) is 0 Å². The van der Waals surface area contributed by atoms with Crippen LogP contribution in [0, 0.1) is 5.41 Å². The summed E-state index contributed by atoms with van der Waals surface area (Å²) in [6.45, 7) is 5.03. The van der Waals surface area contributed by atoms with E-state index in [1.165, 1.54) is 17.0 Å². The Morgan fingerprint density at radius 3 is 1.76 bits per heavy atom. The Bertz CT molecular complexity index is 3640. The lowest BCUT2D eigenvalue weighted by molar-refractivity contribution is 0.793. The van der Waals surface area contributed by atoms with Gasteiger partial charge in [0.2, 0.25) is 0 Å². The van der Waals surface area contributed by atoms with Gasteiger partial charge in [0.25, 0.3) is 0 Å². The van der Waals surface area contributed by atoms with Crippen molar-refractivity contribution in [2.75, 3.05) is 0 Å². The van der Waals surface area contributed by atoms with Gasteiger partial charge in [-0.15, -0.1) is 0 Å². The first kappa shape index (κ1) is 37.4. The number of para-hydroxylation sites is 3. The maximum absolute atomic E-state index is 8.60. The van der Waals surface area contributed by atoms with Crippen LogP contribution < -0.4 is 5.73 Å². The lowest BCUT2D eigenvalue weighted by Gasteiger charge is -2.12. The molecule has 11 rings (SSSR count). The van der Waals surface area contributed by atoms with E-state index in [0.717, 1.165) is 88.4 Å². The van der Waals surface area contributed by atoms with Crippen molar-refractivity contribution in [2.24, 2.45) is 10.7 Å². The van der Waals surface area contributed by atoms with Crippen LogP contribution in [0.3, 0.4) is 0 Å². The van der Waals surface area contributed by atoms with Gasteiger partial charge in [0.15, 0.2) is 0 Å². The fraction of sp³-hybridized carbons (Fsp3) is 0.0179. The summed E-state index contributed by atoms with van der Waals surface area (Å²) in [5.41, 5.74) is 21.0. The summed E-state index contributed by atoms with van der Waals surface area (Å²) in [6.07, 6.45) is 7.19. The lowest BCUT2D eigenvalue weighted by atomic mass is 10.0. The van der Waals surface area contributed by atoms with Crippen molar-refractivity contribution < 1.29 is 0 Å². The van der Waals surface area contributed by atoms with Crippen LogP contribution in [-0.2, 0) is 6.67 Å². The SMILES string of the molecule is C=C(/C=C(\C=N)n1c2ccccc2c2ncccc21)n1c2ccccc2c2cc(-c3ccc4c(c3)c3ccccc3n4C/N=C(\C=C(/N)c3ccccc3)c3ccccc3)ccc21. The third-order valence-corrected chi connectivity index (χ3v) is 12.1. The van der Waals surface area contributed by atoms with E-state index in [1.807, 2.05) is 85.1 Å². The third-order valence-electron chi connectivity index (χ3n) is 12.1. The molecule has 0 fully saturated rings. The molecule has 0 aliphatic carbocycles. The molecule has 0 aliphatic rings. The Morgan fingerprint density at radius 2 is 1.06 bits per heavy atom. The summed E-state index contributed by atoms with van der Waals surface area (Å²) in [5, 5.41) is 14.2. The highest BCUT2D eigenvalue weighted by Gasteiger charge is 2.18. The Balaban J connectivity index is 0.993. The Kier molecular flexibility index (Phi) is 9.20. The number of hydrogen-bond acceptors (Lipinski definition) is 4. The number of nitrogens with one attached hydrogen (secondary N) is 1. The summed E-state index contributed by atoms with van der Waals surface area (Å²) in [4.78, 5) is 9.92. The molecule has 7 aromatic carbocycles. The zero-order chi connectivity index (χ0) is 42.4. The molecule has 0 atom stereocenters. The van der Waals surface area contributed by atoms with Crippen LogP contribution in [-0.4, -0.2) is 30.6 Å². The third kappa shape index (κ3) is 6.42. The first-order valence-corrected chi connectivity index (χ1v) is 21.0. The average molecular weight is 812 g/mol.